The third-order valence-corrected chi connectivity index (χ3v) is 5.06. The number of aromatic nitrogens is 1. The first-order chi connectivity index (χ1) is 11.6. The highest BCUT2D eigenvalue weighted by Gasteiger charge is 2.19. The summed E-state index contributed by atoms with van der Waals surface area (Å²) in [6.45, 7) is 3.28. The average Bonchev–Trinajstić information content (AvgIpc) is 2.95. The van der Waals surface area contributed by atoms with Crippen LogP contribution in [0.25, 0.3) is 11.0 Å². The molecule has 0 aliphatic carbocycles. The van der Waals surface area contributed by atoms with Crippen LogP contribution in [-0.4, -0.2) is 56.3 Å². The Labute approximate surface area is 144 Å². The lowest BCUT2D eigenvalue weighted by Crippen LogP contribution is -2.30. The number of hydrogen-bond donors (Lipinski definition) is 0. The lowest BCUT2D eigenvalue weighted by molar-refractivity contribution is 0.212. The summed E-state index contributed by atoms with van der Waals surface area (Å²) in [7, 11) is 8.05. The molecule has 0 atom stereocenters. The van der Waals surface area contributed by atoms with Gasteiger partial charge in [-0.2, -0.15) is 0 Å². The molecule has 2 heterocycles. The van der Waals surface area contributed by atoms with Gasteiger partial charge in [0.25, 0.3) is 0 Å². The Bertz CT molecular complexity index is 673. The molecule has 1 aliphatic heterocycles. The second-order valence-electron chi connectivity index (χ2n) is 7.31. The van der Waals surface area contributed by atoms with E-state index in [1.54, 1.807) is 7.11 Å². The Morgan fingerprint density at radius 2 is 2.04 bits per heavy atom. The summed E-state index contributed by atoms with van der Waals surface area (Å²) in [4.78, 5) is 4.57. The van der Waals surface area contributed by atoms with Crippen molar-refractivity contribution < 1.29 is 9.26 Å². The first-order valence-corrected chi connectivity index (χ1v) is 8.85. The minimum atomic E-state index is 0.812. The maximum atomic E-state index is 5.56. The number of rotatable bonds is 6. The molecule has 5 heteroatoms. The highest BCUT2D eigenvalue weighted by molar-refractivity contribution is 5.82. The summed E-state index contributed by atoms with van der Waals surface area (Å²) in [5.41, 5.74) is 3.10. The third kappa shape index (κ3) is 3.90. The predicted octanol–water partition coefficient (Wildman–Crippen LogP) is 3.17. The molecule has 0 spiro atoms. The van der Waals surface area contributed by atoms with Crippen molar-refractivity contribution >= 4 is 11.0 Å². The third-order valence-electron chi connectivity index (χ3n) is 5.06. The number of likely N-dealkylation sites (tertiary alicyclic amines) is 1. The van der Waals surface area contributed by atoms with E-state index in [1.807, 2.05) is 6.07 Å². The van der Waals surface area contributed by atoms with Crippen molar-refractivity contribution in [1.82, 2.24) is 15.0 Å². The molecule has 24 heavy (non-hydrogen) atoms. The van der Waals surface area contributed by atoms with Crippen LogP contribution < -0.4 is 4.74 Å². The van der Waals surface area contributed by atoms with Gasteiger partial charge >= 0.3 is 0 Å². The summed E-state index contributed by atoms with van der Waals surface area (Å²) in [5.74, 6) is 1.68. The molecule has 0 unspecified atom stereocenters. The van der Waals surface area contributed by atoms with Gasteiger partial charge in [0.05, 0.1) is 12.8 Å². The number of benzene rings is 1. The van der Waals surface area contributed by atoms with Crippen LogP contribution in [0.15, 0.2) is 16.7 Å². The summed E-state index contributed by atoms with van der Waals surface area (Å²) in [5, 5.41) is 5.48. The highest BCUT2D eigenvalue weighted by Crippen LogP contribution is 2.30. The highest BCUT2D eigenvalue weighted by atomic mass is 16.5. The van der Waals surface area contributed by atoms with Gasteiger partial charge in [-0.15, -0.1) is 0 Å². The van der Waals surface area contributed by atoms with Crippen LogP contribution in [0.5, 0.6) is 5.75 Å². The SMILES string of the molecule is COc1cc2onc(CCC3CCN(C)CC3)c2cc1CN(C)C. The maximum Gasteiger partial charge on any atom is 0.170 e. The van der Waals surface area contributed by atoms with Gasteiger partial charge in [0, 0.05) is 23.6 Å². The number of aryl methyl sites for hydroxylation is 1. The maximum absolute atomic E-state index is 5.56. The van der Waals surface area contributed by atoms with E-state index in [9.17, 15) is 0 Å². The molecule has 1 aromatic heterocycles. The molecule has 3 rings (SSSR count). The molecular formula is C19H29N3O2. The minimum absolute atomic E-state index is 0.812. The molecule has 132 valence electrons. The van der Waals surface area contributed by atoms with Crippen molar-refractivity contribution in [2.75, 3.05) is 41.3 Å². The second kappa shape index (κ2) is 7.53. The van der Waals surface area contributed by atoms with Gasteiger partial charge in [-0.25, -0.2) is 0 Å². The molecule has 1 aromatic carbocycles. The molecule has 1 fully saturated rings. The molecule has 0 amide bonds. The van der Waals surface area contributed by atoms with E-state index in [1.165, 1.54) is 37.9 Å². The fourth-order valence-electron chi connectivity index (χ4n) is 3.59. The zero-order valence-corrected chi connectivity index (χ0v) is 15.3. The number of nitrogens with zero attached hydrogens (tertiary/aromatic N) is 3. The van der Waals surface area contributed by atoms with Crippen LogP contribution in [-0.2, 0) is 13.0 Å². The van der Waals surface area contributed by atoms with E-state index in [-0.39, 0.29) is 0 Å². The van der Waals surface area contributed by atoms with Crippen LogP contribution in [0.1, 0.15) is 30.5 Å². The van der Waals surface area contributed by atoms with Crippen molar-refractivity contribution in [1.29, 1.82) is 0 Å². The molecule has 5 nitrogen and oxygen atoms in total. The van der Waals surface area contributed by atoms with Crippen molar-refractivity contribution in [3.63, 3.8) is 0 Å². The summed E-state index contributed by atoms with van der Waals surface area (Å²) < 4.78 is 11.1. The Balaban J connectivity index is 1.76. The fourth-order valence-corrected chi connectivity index (χ4v) is 3.59. The summed E-state index contributed by atoms with van der Waals surface area (Å²) >= 11 is 0. The van der Waals surface area contributed by atoms with E-state index in [0.29, 0.717) is 0 Å². The van der Waals surface area contributed by atoms with Gasteiger partial charge in [-0.05, 0) is 71.9 Å². The number of methoxy groups -OCH3 is 1. The number of piperidine rings is 1. The first-order valence-electron chi connectivity index (χ1n) is 8.85. The lowest BCUT2D eigenvalue weighted by Gasteiger charge is -2.28. The smallest absolute Gasteiger partial charge is 0.170 e. The Morgan fingerprint density at radius 1 is 1.29 bits per heavy atom. The predicted molar refractivity (Wildman–Crippen MR) is 96.5 cm³/mol. The van der Waals surface area contributed by atoms with Crippen LogP contribution >= 0.6 is 0 Å². The Hall–Kier alpha value is -1.59. The normalized spacial score (nSPS) is 17.0. The summed E-state index contributed by atoms with van der Waals surface area (Å²) in [6, 6.07) is 4.16. The van der Waals surface area contributed by atoms with Crippen molar-refractivity contribution in [3.8, 4) is 5.75 Å². The fraction of sp³-hybridized carbons (Fsp3) is 0.632. The monoisotopic (exact) mass is 331 g/mol. The van der Waals surface area contributed by atoms with Crippen molar-refractivity contribution in [2.24, 2.45) is 5.92 Å². The van der Waals surface area contributed by atoms with E-state index < -0.39 is 0 Å². The molecule has 0 N–H and O–H groups in total. The van der Waals surface area contributed by atoms with Crippen LogP contribution in [0.2, 0.25) is 0 Å². The first kappa shape index (κ1) is 17.2. The van der Waals surface area contributed by atoms with E-state index in [4.69, 9.17) is 9.26 Å². The van der Waals surface area contributed by atoms with Gasteiger partial charge in [0.2, 0.25) is 0 Å². The molecule has 1 aliphatic rings. The standard InChI is InChI=1S/C19H29N3O2/c1-21(2)13-15-11-16-17(20-24-19(16)12-18(15)23-4)6-5-14-7-9-22(3)10-8-14/h11-12,14H,5-10,13H2,1-4H3. The Kier molecular flexibility index (Phi) is 5.41. The van der Waals surface area contributed by atoms with Crippen LogP contribution in [0.3, 0.4) is 0 Å². The lowest BCUT2D eigenvalue weighted by atomic mass is 9.91. The quantitative estimate of drug-likeness (QED) is 0.813. The van der Waals surface area contributed by atoms with E-state index in [2.05, 4.69) is 42.2 Å². The number of hydrogen-bond acceptors (Lipinski definition) is 5. The van der Waals surface area contributed by atoms with Gasteiger partial charge in [0.15, 0.2) is 5.58 Å². The van der Waals surface area contributed by atoms with Gasteiger partial charge in [0.1, 0.15) is 5.75 Å². The van der Waals surface area contributed by atoms with Gasteiger partial charge < -0.3 is 19.1 Å². The molecule has 0 bridgehead atoms. The van der Waals surface area contributed by atoms with Crippen LogP contribution in [0.4, 0.5) is 0 Å². The van der Waals surface area contributed by atoms with Crippen molar-refractivity contribution in [3.05, 3.63) is 23.4 Å². The molecule has 0 saturated carbocycles. The molecule has 0 radical (unpaired) electrons. The zero-order valence-electron chi connectivity index (χ0n) is 15.3. The number of fused-ring (bicyclic) bond motifs is 1. The zero-order chi connectivity index (χ0) is 17.1. The van der Waals surface area contributed by atoms with Gasteiger partial charge in [-0.3, -0.25) is 0 Å². The molecule has 2 aromatic rings. The molecule has 1 saturated heterocycles. The Morgan fingerprint density at radius 3 is 2.71 bits per heavy atom. The average molecular weight is 331 g/mol. The van der Waals surface area contributed by atoms with Gasteiger partial charge in [-0.1, -0.05) is 5.16 Å². The number of ether oxygens (including phenoxy) is 1. The second-order valence-corrected chi connectivity index (χ2v) is 7.31. The van der Waals surface area contributed by atoms with Crippen molar-refractivity contribution in [2.45, 2.75) is 32.2 Å². The molecular weight excluding hydrogens is 302 g/mol. The minimum Gasteiger partial charge on any atom is -0.496 e. The van der Waals surface area contributed by atoms with E-state index >= 15 is 0 Å². The topological polar surface area (TPSA) is 41.7 Å². The van der Waals surface area contributed by atoms with Crippen LogP contribution in [0, 0.1) is 5.92 Å². The van der Waals surface area contributed by atoms with E-state index in [0.717, 1.165) is 41.3 Å². The largest absolute Gasteiger partial charge is 0.496 e. The summed E-state index contributed by atoms with van der Waals surface area (Å²) in [6.07, 6.45) is 4.79.